The highest BCUT2D eigenvalue weighted by molar-refractivity contribution is 7.91. The minimum absolute atomic E-state index is 0.0503. The summed E-state index contributed by atoms with van der Waals surface area (Å²) in [5, 5.41) is 5.84. The van der Waals surface area contributed by atoms with Crippen LogP contribution in [-0.2, 0) is 9.84 Å². The Labute approximate surface area is 151 Å². The van der Waals surface area contributed by atoms with Crippen molar-refractivity contribution in [2.24, 2.45) is 4.99 Å². The monoisotopic (exact) mass is 377 g/mol. The number of hydrogen-bond acceptors (Lipinski definition) is 7. The molecule has 2 heterocycles. The maximum Gasteiger partial charge on any atom is 0.187 e. The van der Waals surface area contributed by atoms with E-state index in [0.29, 0.717) is 16.6 Å². The van der Waals surface area contributed by atoms with Crippen molar-refractivity contribution >= 4 is 38.2 Å². The van der Waals surface area contributed by atoms with Gasteiger partial charge in [-0.1, -0.05) is 13.0 Å². The molecule has 0 saturated heterocycles. The fourth-order valence-electron chi connectivity index (χ4n) is 2.45. The van der Waals surface area contributed by atoms with Crippen molar-refractivity contribution in [3.05, 3.63) is 41.5 Å². The number of nitrogens with one attached hydrogen (secondary N) is 1. The van der Waals surface area contributed by atoms with E-state index in [0.717, 1.165) is 12.1 Å². The van der Waals surface area contributed by atoms with E-state index >= 15 is 0 Å². The Kier molecular flexibility index (Phi) is 5.19. The molecule has 0 radical (unpaired) electrons. The van der Waals surface area contributed by atoms with Crippen LogP contribution in [0.2, 0.25) is 0 Å². The first-order valence-corrected chi connectivity index (χ1v) is 10.4. The number of aliphatic imine (C=N–C) groups is 1. The summed E-state index contributed by atoms with van der Waals surface area (Å²) in [6.45, 7) is 1.62. The van der Waals surface area contributed by atoms with Gasteiger partial charge in [0, 0.05) is 23.7 Å². The molecule has 1 aliphatic rings. The van der Waals surface area contributed by atoms with Gasteiger partial charge >= 0.3 is 0 Å². The van der Waals surface area contributed by atoms with Crippen molar-refractivity contribution in [3.63, 3.8) is 0 Å². The fourth-order valence-corrected chi connectivity index (χ4v) is 4.15. The maximum absolute atomic E-state index is 12.1. The Hall–Kier alpha value is -2.19. The lowest BCUT2D eigenvalue weighted by Gasteiger charge is -2.11. The zero-order chi connectivity index (χ0) is 17.9. The smallest absolute Gasteiger partial charge is 0.187 e. The summed E-state index contributed by atoms with van der Waals surface area (Å²) >= 11 is 1.46. The van der Waals surface area contributed by atoms with Gasteiger partial charge in [0.1, 0.15) is 5.75 Å². The highest BCUT2D eigenvalue weighted by Crippen LogP contribution is 2.33. The van der Waals surface area contributed by atoms with Crippen molar-refractivity contribution in [2.75, 3.05) is 18.2 Å². The number of allylic oxidation sites excluding steroid dienone is 1. The van der Waals surface area contributed by atoms with E-state index < -0.39 is 9.84 Å². The number of thiazole rings is 1. The van der Waals surface area contributed by atoms with Gasteiger partial charge in [-0.25, -0.2) is 13.4 Å². The second kappa shape index (κ2) is 7.37. The van der Waals surface area contributed by atoms with E-state index in [9.17, 15) is 8.42 Å². The molecule has 8 heteroatoms. The molecule has 0 fully saturated rings. The summed E-state index contributed by atoms with van der Waals surface area (Å²) in [6, 6.07) is 4.79. The molecule has 6 nitrogen and oxygen atoms in total. The lowest BCUT2D eigenvalue weighted by Crippen LogP contribution is -2.05. The van der Waals surface area contributed by atoms with Gasteiger partial charge in [-0.2, -0.15) is 0 Å². The Bertz CT molecular complexity index is 917. The van der Waals surface area contributed by atoms with Crippen LogP contribution in [0, 0.1) is 0 Å². The first kappa shape index (κ1) is 17.6. The predicted octanol–water partition coefficient (Wildman–Crippen LogP) is 3.76. The molecule has 0 aliphatic carbocycles. The van der Waals surface area contributed by atoms with Crippen molar-refractivity contribution in [2.45, 2.75) is 24.2 Å². The predicted molar refractivity (Wildman–Crippen MR) is 101 cm³/mol. The summed E-state index contributed by atoms with van der Waals surface area (Å²) in [6.07, 6.45) is 6.56. The molecule has 3 rings (SSSR count). The number of nitrogens with zero attached hydrogens (tertiary/aromatic N) is 2. The average molecular weight is 377 g/mol. The molecule has 0 saturated carbocycles. The van der Waals surface area contributed by atoms with Crippen LogP contribution in [0.15, 0.2) is 45.7 Å². The van der Waals surface area contributed by atoms with Gasteiger partial charge in [0.25, 0.3) is 0 Å². The van der Waals surface area contributed by atoms with Crippen LogP contribution in [0.25, 0.3) is 0 Å². The number of rotatable bonds is 6. The van der Waals surface area contributed by atoms with E-state index in [-0.39, 0.29) is 16.6 Å². The Morgan fingerprint density at radius 2 is 2.24 bits per heavy atom. The van der Waals surface area contributed by atoms with Crippen LogP contribution in [0.5, 0.6) is 5.75 Å². The third-order valence-electron chi connectivity index (χ3n) is 3.90. The van der Waals surface area contributed by atoms with Crippen molar-refractivity contribution in [3.8, 4) is 5.75 Å². The maximum atomic E-state index is 12.1. The molecular weight excluding hydrogens is 358 g/mol. The Balaban J connectivity index is 1.87. The summed E-state index contributed by atoms with van der Waals surface area (Å²) in [5.41, 5.74) is 1.52. The van der Waals surface area contributed by atoms with Gasteiger partial charge in [0.2, 0.25) is 0 Å². The number of benzene rings is 1. The summed E-state index contributed by atoms with van der Waals surface area (Å²) in [7, 11) is -1.74. The lowest BCUT2D eigenvalue weighted by molar-refractivity contribution is 0.416. The zero-order valence-electron chi connectivity index (χ0n) is 14.0. The summed E-state index contributed by atoms with van der Waals surface area (Å²) < 4.78 is 29.6. The fraction of sp³-hybridized carbons (Fsp3) is 0.294. The number of sulfone groups is 1. The third-order valence-corrected chi connectivity index (χ3v) is 6.41. The molecular formula is C17H19N3O3S2. The number of aromatic nitrogens is 1. The van der Waals surface area contributed by atoms with Crippen molar-refractivity contribution in [1.82, 2.24) is 4.98 Å². The van der Waals surface area contributed by atoms with Gasteiger partial charge in [-0.05, 0) is 24.6 Å². The lowest BCUT2D eigenvalue weighted by atomic mass is 10.0. The van der Waals surface area contributed by atoms with Crippen LogP contribution in [-0.4, -0.2) is 32.5 Å². The van der Waals surface area contributed by atoms with E-state index in [2.05, 4.69) is 15.3 Å². The molecule has 1 aromatic heterocycles. The van der Waals surface area contributed by atoms with Crippen LogP contribution in [0.4, 0.5) is 10.8 Å². The first-order chi connectivity index (χ1) is 12.0. The molecule has 25 heavy (non-hydrogen) atoms. The van der Waals surface area contributed by atoms with Crippen molar-refractivity contribution < 1.29 is 13.2 Å². The number of hydrogen-bond donors (Lipinski definition) is 1. The molecule has 0 amide bonds. The minimum atomic E-state index is -3.29. The van der Waals surface area contributed by atoms with Gasteiger partial charge in [0.15, 0.2) is 15.0 Å². The van der Waals surface area contributed by atoms with E-state index in [1.807, 2.05) is 17.7 Å². The molecule has 132 valence electrons. The topological polar surface area (TPSA) is 80.7 Å². The van der Waals surface area contributed by atoms with Gasteiger partial charge < -0.3 is 10.1 Å². The molecule has 1 atom stereocenters. The van der Waals surface area contributed by atoms with Gasteiger partial charge in [-0.3, -0.25) is 4.99 Å². The quantitative estimate of drug-likeness (QED) is 0.829. The molecule has 1 unspecified atom stereocenters. The van der Waals surface area contributed by atoms with E-state index in [1.54, 1.807) is 38.4 Å². The molecule has 1 aromatic carbocycles. The Morgan fingerprint density at radius 1 is 1.40 bits per heavy atom. The van der Waals surface area contributed by atoms with Crippen LogP contribution >= 0.6 is 11.3 Å². The second-order valence-corrected chi connectivity index (χ2v) is 8.63. The third kappa shape index (κ3) is 3.91. The first-order valence-electron chi connectivity index (χ1n) is 7.85. The van der Waals surface area contributed by atoms with Gasteiger partial charge in [0.05, 0.1) is 29.1 Å². The van der Waals surface area contributed by atoms with Crippen molar-refractivity contribution in [1.29, 1.82) is 0 Å². The van der Waals surface area contributed by atoms with E-state index in [1.165, 1.54) is 11.3 Å². The minimum Gasteiger partial charge on any atom is -0.495 e. The highest BCUT2D eigenvalue weighted by atomic mass is 32.2. The zero-order valence-corrected chi connectivity index (χ0v) is 15.6. The van der Waals surface area contributed by atoms with Crippen LogP contribution in [0.1, 0.15) is 25.0 Å². The van der Waals surface area contributed by atoms with Crippen LogP contribution in [0.3, 0.4) is 0 Å². The van der Waals surface area contributed by atoms with Gasteiger partial charge in [-0.15, -0.1) is 11.3 Å². The van der Waals surface area contributed by atoms with Crippen LogP contribution < -0.4 is 10.1 Å². The molecule has 1 aliphatic heterocycles. The number of methoxy groups -OCH3 is 1. The molecule has 1 N–H and O–H groups in total. The Morgan fingerprint density at radius 3 is 2.92 bits per heavy atom. The van der Waals surface area contributed by atoms with E-state index in [4.69, 9.17) is 4.74 Å². The summed E-state index contributed by atoms with van der Waals surface area (Å²) in [4.78, 5) is 9.01. The molecule has 2 aromatic rings. The highest BCUT2D eigenvalue weighted by Gasteiger charge is 2.17. The normalized spacial score (nSPS) is 16.8. The SMILES string of the molecule is CCS(=O)(=O)c1ccc(OC)c(Nc2nc(C3C=NC=CC3)cs2)c1. The standard InChI is InChI=1S/C17H19N3O3S2/c1-3-25(21,22)13-6-7-16(23-2)14(9-13)19-17-20-15(11-24-17)12-5-4-8-18-10-12/h4,6-12H,3,5H2,1-2H3,(H,19,20). The largest absolute Gasteiger partial charge is 0.495 e. The average Bonchev–Trinajstić information content (AvgIpc) is 3.11. The second-order valence-electron chi connectivity index (χ2n) is 5.49. The number of ether oxygens (including phenoxy) is 1. The molecule has 0 bridgehead atoms. The number of anilines is 2. The molecule has 0 spiro atoms. The summed E-state index contributed by atoms with van der Waals surface area (Å²) in [5.74, 6) is 0.786.